The summed E-state index contributed by atoms with van der Waals surface area (Å²) >= 11 is 0. The molecule has 3 rings (SSSR count). The van der Waals surface area contributed by atoms with Crippen molar-refractivity contribution in [2.75, 3.05) is 57.4 Å². The zero-order chi connectivity index (χ0) is 23.0. The van der Waals surface area contributed by atoms with Gasteiger partial charge >= 0.3 is 0 Å². The minimum Gasteiger partial charge on any atom is -0.484 e. The first-order valence-corrected chi connectivity index (χ1v) is 12.2. The molecule has 1 N–H and O–H groups in total. The fourth-order valence-corrected chi connectivity index (χ4v) is 4.51. The van der Waals surface area contributed by atoms with Gasteiger partial charge in [0.1, 0.15) is 5.75 Å². The summed E-state index contributed by atoms with van der Waals surface area (Å²) in [6.07, 6.45) is 0.877. The minimum atomic E-state index is -3.65. The van der Waals surface area contributed by atoms with Gasteiger partial charge < -0.3 is 14.8 Å². The van der Waals surface area contributed by atoms with Gasteiger partial charge in [0.15, 0.2) is 6.61 Å². The lowest BCUT2D eigenvalue weighted by Crippen LogP contribution is -2.38. The number of hydrogen-bond donors (Lipinski definition) is 1. The van der Waals surface area contributed by atoms with Gasteiger partial charge in [-0.15, -0.1) is 0 Å². The average Bonchev–Trinajstić information content (AvgIpc) is 2.81. The molecule has 9 heteroatoms. The van der Waals surface area contributed by atoms with E-state index in [0.29, 0.717) is 18.0 Å². The molecule has 8 nitrogen and oxygen atoms in total. The Balaban J connectivity index is 1.43. The van der Waals surface area contributed by atoms with Crippen molar-refractivity contribution >= 4 is 21.6 Å². The number of amides is 1. The molecule has 0 unspecified atom stereocenters. The third-order valence-corrected chi connectivity index (χ3v) is 7.13. The summed E-state index contributed by atoms with van der Waals surface area (Å²) in [5, 5.41) is 2.85. The first-order valence-electron chi connectivity index (χ1n) is 10.7. The van der Waals surface area contributed by atoms with E-state index in [1.807, 2.05) is 6.92 Å². The van der Waals surface area contributed by atoms with Gasteiger partial charge in [-0.05, 0) is 56.3 Å². The van der Waals surface area contributed by atoms with Crippen molar-refractivity contribution in [1.29, 1.82) is 0 Å². The van der Waals surface area contributed by atoms with E-state index in [9.17, 15) is 13.2 Å². The summed E-state index contributed by atoms with van der Waals surface area (Å²) in [5.74, 6) is 0.313. The van der Waals surface area contributed by atoms with E-state index in [-0.39, 0.29) is 17.4 Å². The van der Waals surface area contributed by atoms with Crippen molar-refractivity contribution < 1.29 is 22.7 Å². The predicted molar refractivity (Wildman–Crippen MR) is 124 cm³/mol. The minimum absolute atomic E-state index is 0.0889. The van der Waals surface area contributed by atoms with E-state index in [1.54, 1.807) is 48.5 Å². The number of carbonyl (C=O) groups excluding carboxylic acids is 1. The number of rotatable bonds is 10. The van der Waals surface area contributed by atoms with Crippen molar-refractivity contribution in [3.05, 3.63) is 54.1 Å². The highest BCUT2D eigenvalue weighted by molar-refractivity contribution is 7.92. The maximum atomic E-state index is 12.8. The van der Waals surface area contributed by atoms with Crippen molar-refractivity contribution in [2.24, 2.45) is 0 Å². The van der Waals surface area contributed by atoms with E-state index < -0.39 is 10.0 Å². The highest BCUT2D eigenvalue weighted by Crippen LogP contribution is 2.24. The summed E-state index contributed by atoms with van der Waals surface area (Å²) in [4.78, 5) is 14.6. The van der Waals surface area contributed by atoms with Gasteiger partial charge in [-0.2, -0.15) is 0 Å². The largest absolute Gasteiger partial charge is 0.484 e. The van der Waals surface area contributed by atoms with Gasteiger partial charge in [0.2, 0.25) is 0 Å². The van der Waals surface area contributed by atoms with Gasteiger partial charge in [-0.3, -0.25) is 14.0 Å². The summed E-state index contributed by atoms with van der Waals surface area (Å²) in [6, 6.07) is 13.3. The molecule has 0 saturated carbocycles. The molecule has 1 amide bonds. The van der Waals surface area contributed by atoms with Gasteiger partial charge in [0, 0.05) is 26.7 Å². The van der Waals surface area contributed by atoms with E-state index in [0.717, 1.165) is 44.8 Å². The molecule has 1 aliphatic rings. The number of carbonyl (C=O) groups is 1. The van der Waals surface area contributed by atoms with Crippen molar-refractivity contribution in [2.45, 2.75) is 18.2 Å². The fourth-order valence-electron chi connectivity index (χ4n) is 3.31. The normalized spacial score (nSPS) is 14.7. The number of benzene rings is 2. The quantitative estimate of drug-likeness (QED) is 0.545. The maximum Gasteiger partial charge on any atom is 0.264 e. The van der Waals surface area contributed by atoms with Crippen LogP contribution in [0.15, 0.2) is 53.4 Å². The summed E-state index contributed by atoms with van der Waals surface area (Å²) < 4.78 is 37.7. The number of anilines is 1. The van der Waals surface area contributed by atoms with Gasteiger partial charge in [-0.25, -0.2) is 8.42 Å². The van der Waals surface area contributed by atoms with Gasteiger partial charge in [0.05, 0.1) is 23.8 Å². The highest BCUT2D eigenvalue weighted by Gasteiger charge is 2.21. The van der Waals surface area contributed by atoms with E-state index in [1.165, 1.54) is 11.4 Å². The molecule has 1 fully saturated rings. The number of hydrogen-bond acceptors (Lipinski definition) is 6. The molecule has 0 radical (unpaired) electrons. The Bertz CT molecular complexity index is 972. The Morgan fingerprint density at radius 3 is 2.41 bits per heavy atom. The molecule has 0 aliphatic carbocycles. The monoisotopic (exact) mass is 461 g/mol. The molecule has 0 atom stereocenters. The van der Waals surface area contributed by atoms with E-state index >= 15 is 0 Å². The smallest absolute Gasteiger partial charge is 0.264 e. The Morgan fingerprint density at radius 2 is 1.75 bits per heavy atom. The predicted octanol–water partition coefficient (Wildman–Crippen LogP) is 2.04. The first-order chi connectivity index (χ1) is 15.4. The lowest BCUT2D eigenvalue weighted by molar-refractivity contribution is -0.123. The van der Waals surface area contributed by atoms with Crippen molar-refractivity contribution in [1.82, 2.24) is 10.2 Å². The third kappa shape index (κ3) is 6.69. The van der Waals surface area contributed by atoms with Crippen LogP contribution >= 0.6 is 0 Å². The standard InChI is InChI=1S/C23H31N3O5S/c1-19-4-10-22(11-5-19)32(28,29)25(2)20-6-8-21(9-7-20)31-18-23(27)24-12-3-13-26-14-16-30-17-15-26/h4-11H,3,12-18H2,1-2H3,(H,24,27). The van der Waals surface area contributed by atoms with Crippen LogP contribution in [0.5, 0.6) is 5.75 Å². The second-order valence-corrected chi connectivity index (χ2v) is 9.69. The molecule has 0 spiro atoms. The van der Waals surface area contributed by atoms with Crippen LogP contribution in [0.1, 0.15) is 12.0 Å². The number of ether oxygens (including phenoxy) is 2. The maximum absolute atomic E-state index is 12.8. The van der Waals surface area contributed by atoms with Crippen LogP contribution in [0, 0.1) is 6.92 Å². The topological polar surface area (TPSA) is 88.2 Å². The number of nitrogens with zero attached hydrogens (tertiary/aromatic N) is 2. The van der Waals surface area contributed by atoms with E-state index in [2.05, 4.69) is 10.2 Å². The molecule has 0 aromatic heterocycles. The number of nitrogens with one attached hydrogen (secondary N) is 1. The Morgan fingerprint density at radius 1 is 1.09 bits per heavy atom. The third-order valence-electron chi connectivity index (χ3n) is 5.33. The highest BCUT2D eigenvalue weighted by atomic mass is 32.2. The molecule has 0 bridgehead atoms. The van der Waals surface area contributed by atoms with Gasteiger partial charge in [0.25, 0.3) is 15.9 Å². The van der Waals surface area contributed by atoms with Crippen LogP contribution in [0.3, 0.4) is 0 Å². The van der Waals surface area contributed by atoms with Crippen LogP contribution in [0.4, 0.5) is 5.69 Å². The molecular weight excluding hydrogens is 430 g/mol. The zero-order valence-electron chi connectivity index (χ0n) is 18.6. The molecule has 1 aliphatic heterocycles. The Kier molecular flexibility index (Phi) is 8.49. The van der Waals surface area contributed by atoms with Crippen LogP contribution in [0.2, 0.25) is 0 Å². The van der Waals surface area contributed by atoms with Gasteiger partial charge in [-0.1, -0.05) is 17.7 Å². The molecule has 2 aromatic rings. The Labute approximate surface area is 190 Å². The SMILES string of the molecule is Cc1ccc(S(=O)(=O)N(C)c2ccc(OCC(=O)NCCCN3CCOCC3)cc2)cc1. The van der Waals surface area contributed by atoms with Crippen molar-refractivity contribution in [3.63, 3.8) is 0 Å². The lowest BCUT2D eigenvalue weighted by atomic mass is 10.2. The van der Waals surface area contributed by atoms with E-state index in [4.69, 9.17) is 9.47 Å². The molecule has 32 heavy (non-hydrogen) atoms. The fraction of sp³-hybridized carbons (Fsp3) is 0.435. The Hall–Kier alpha value is -2.62. The molecule has 174 valence electrons. The number of morpholine rings is 1. The van der Waals surface area contributed by atoms with Crippen molar-refractivity contribution in [3.8, 4) is 5.75 Å². The second kappa shape index (κ2) is 11.3. The average molecular weight is 462 g/mol. The molecule has 1 heterocycles. The number of sulfonamides is 1. The molecule has 2 aromatic carbocycles. The summed E-state index contributed by atoms with van der Waals surface area (Å²) in [7, 11) is -2.14. The summed E-state index contributed by atoms with van der Waals surface area (Å²) in [5.41, 5.74) is 1.50. The van der Waals surface area contributed by atoms with Crippen LogP contribution in [0.25, 0.3) is 0 Å². The van der Waals surface area contributed by atoms with Crippen LogP contribution < -0.4 is 14.4 Å². The van der Waals surface area contributed by atoms with Crippen LogP contribution in [-0.2, 0) is 19.6 Å². The molecule has 1 saturated heterocycles. The second-order valence-electron chi connectivity index (χ2n) is 7.73. The lowest BCUT2D eigenvalue weighted by Gasteiger charge is -2.26. The molecular formula is C23H31N3O5S. The summed E-state index contributed by atoms with van der Waals surface area (Å²) in [6.45, 7) is 6.77. The first kappa shape index (κ1) is 24.0. The van der Waals surface area contributed by atoms with Crippen LogP contribution in [-0.4, -0.2) is 72.3 Å². The number of aryl methyl sites for hydroxylation is 1. The zero-order valence-corrected chi connectivity index (χ0v) is 19.4.